The zero-order valence-corrected chi connectivity index (χ0v) is 20.7. The molecule has 0 saturated carbocycles. The number of carboxylic acid groups (broad SMARTS) is 1. The summed E-state index contributed by atoms with van der Waals surface area (Å²) in [4.78, 5) is 35.8. The van der Waals surface area contributed by atoms with Crippen LogP contribution in [0.4, 0.5) is 55.7 Å². The second kappa shape index (κ2) is 12.7. The maximum Gasteiger partial charge on any atom is 0.490 e. The fraction of sp³-hybridized carbons (Fsp3) is 0.208. The van der Waals surface area contributed by atoms with Crippen LogP contribution in [-0.2, 0) is 17.1 Å². The van der Waals surface area contributed by atoms with Gasteiger partial charge in [0.15, 0.2) is 0 Å². The summed E-state index contributed by atoms with van der Waals surface area (Å²) in [5, 5.41) is 22.8. The maximum atomic E-state index is 13.6. The highest BCUT2D eigenvalue weighted by atomic mass is 19.4. The van der Waals surface area contributed by atoms with Crippen molar-refractivity contribution in [3.63, 3.8) is 0 Å². The van der Waals surface area contributed by atoms with E-state index in [0.717, 1.165) is 30.5 Å². The number of urea groups is 1. The number of nitro benzene ring substituents is 1. The molecular weight excluding hydrogens is 595 g/mol. The molecule has 2 aromatic carbocycles. The van der Waals surface area contributed by atoms with E-state index < -0.39 is 64.0 Å². The van der Waals surface area contributed by atoms with E-state index >= 15 is 0 Å². The predicted octanol–water partition coefficient (Wildman–Crippen LogP) is 6.88. The SMILES string of the molecule is Cc1ccc([N+](=O)[O-])c(NC(=O)N[C@@H](c2ccc(C(F)(F)F)cc2)c2ncccc2C(F)(F)F)c1.O=C(O)C(F)(F)F. The molecule has 18 heteroatoms. The molecule has 0 saturated heterocycles. The molecule has 0 unspecified atom stereocenters. The van der Waals surface area contributed by atoms with E-state index in [-0.39, 0.29) is 11.3 Å². The molecule has 0 fully saturated rings. The molecule has 0 radical (unpaired) electrons. The fourth-order valence-corrected chi connectivity index (χ4v) is 3.26. The number of hydrogen-bond donors (Lipinski definition) is 3. The van der Waals surface area contributed by atoms with Gasteiger partial charge in [0.2, 0.25) is 0 Å². The van der Waals surface area contributed by atoms with Gasteiger partial charge in [0.1, 0.15) is 5.69 Å². The van der Waals surface area contributed by atoms with Gasteiger partial charge in [-0.15, -0.1) is 0 Å². The van der Waals surface area contributed by atoms with Crippen LogP contribution in [-0.4, -0.2) is 33.2 Å². The molecule has 0 spiro atoms. The molecule has 2 amide bonds. The Labute approximate surface area is 229 Å². The minimum atomic E-state index is -5.08. The molecule has 9 nitrogen and oxygen atoms in total. The average Bonchev–Trinajstić information content (AvgIpc) is 2.86. The summed E-state index contributed by atoms with van der Waals surface area (Å²) in [6, 6.07) is 5.95. The first kappa shape index (κ1) is 33.3. The van der Waals surface area contributed by atoms with Crippen LogP contribution in [0.15, 0.2) is 60.8 Å². The molecule has 1 atom stereocenters. The summed E-state index contributed by atoms with van der Waals surface area (Å²) in [5.41, 5.74) is -3.20. The number of alkyl halides is 9. The van der Waals surface area contributed by atoms with Gasteiger partial charge in [-0.3, -0.25) is 15.1 Å². The molecule has 1 aromatic heterocycles. The third-order valence-electron chi connectivity index (χ3n) is 5.10. The van der Waals surface area contributed by atoms with Crippen LogP contribution in [0.25, 0.3) is 0 Å². The minimum absolute atomic E-state index is 0.129. The van der Waals surface area contributed by atoms with Gasteiger partial charge in [0.05, 0.1) is 27.8 Å². The Morgan fingerprint density at radius 2 is 1.50 bits per heavy atom. The van der Waals surface area contributed by atoms with Crippen LogP contribution in [0.3, 0.4) is 0 Å². The number of rotatable bonds is 5. The number of carbonyl (C=O) groups is 2. The monoisotopic (exact) mass is 612 g/mol. The van der Waals surface area contributed by atoms with Gasteiger partial charge in [-0.25, -0.2) is 9.59 Å². The second-order valence-corrected chi connectivity index (χ2v) is 8.17. The van der Waals surface area contributed by atoms with Crippen molar-refractivity contribution in [2.24, 2.45) is 0 Å². The summed E-state index contributed by atoms with van der Waals surface area (Å²) < 4.78 is 111. The van der Waals surface area contributed by atoms with Crippen LogP contribution in [0, 0.1) is 17.0 Å². The van der Waals surface area contributed by atoms with E-state index in [1.807, 2.05) is 0 Å². The smallest absolute Gasteiger partial charge is 0.475 e. The lowest BCUT2D eigenvalue weighted by Gasteiger charge is -2.23. The number of aromatic nitrogens is 1. The van der Waals surface area contributed by atoms with Crippen molar-refractivity contribution < 1.29 is 59.1 Å². The lowest BCUT2D eigenvalue weighted by Crippen LogP contribution is -2.35. The zero-order chi connectivity index (χ0) is 32.0. The van der Waals surface area contributed by atoms with E-state index in [9.17, 15) is 54.4 Å². The molecule has 3 aromatic rings. The van der Waals surface area contributed by atoms with Crippen LogP contribution in [0.2, 0.25) is 0 Å². The standard InChI is InChI=1S/C22H16F6N4O3.C2HF3O2/c1-12-4-9-17(32(34)35)16(11-12)30-20(33)31-18(13-5-7-14(8-6-13)21(23,24)25)19-15(22(26,27)28)3-2-10-29-19;3-2(4,5)1(6)7/h2-11,18H,1H3,(H2,30,31,33);(H,6,7)/t18-;/m0./s1. The largest absolute Gasteiger partial charge is 0.490 e. The first-order chi connectivity index (χ1) is 19.2. The van der Waals surface area contributed by atoms with Crippen molar-refractivity contribution in [2.45, 2.75) is 31.5 Å². The van der Waals surface area contributed by atoms with Crippen molar-refractivity contribution >= 4 is 23.4 Å². The summed E-state index contributed by atoms with van der Waals surface area (Å²) in [5.74, 6) is -2.76. The molecule has 0 bridgehead atoms. The minimum Gasteiger partial charge on any atom is -0.475 e. The highest BCUT2D eigenvalue weighted by Gasteiger charge is 2.39. The first-order valence-electron chi connectivity index (χ1n) is 11.0. The number of amides is 2. The molecular formula is C24H17F9N4O5. The number of nitrogens with one attached hydrogen (secondary N) is 2. The van der Waals surface area contributed by atoms with Crippen LogP contribution >= 0.6 is 0 Å². The molecule has 0 aliphatic rings. The van der Waals surface area contributed by atoms with Crippen LogP contribution in [0.5, 0.6) is 0 Å². The Balaban J connectivity index is 0.000000782. The number of nitrogens with zero attached hydrogens (tertiary/aromatic N) is 2. The van der Waals surface area contributed by atoms with E-state index in [0.29, 0.717) is 23.8 Å². The molecule has 3 rings (SSSR count). The van der Waals surface area contributed by atoms with Gasteiger partial charge >= 0.3 is 30.5 Å². The van der Waals surface area contributed by atoms with E-state index in [1.165, 1.54) is 12.1 Å². The third kappa shape index (κ3) is 9.07. The molecule has 226 valence electrons. The lowest BCUT2D eigenvalue weighted by atomic mass is 9.98. The number of carboxylic acids is 1. The number of hydrogen-bond acceptors (Lipinski definition) is 5. The normalized spacial score (nSPS) is 12.4. The number of pyridine rings is 1. The van der Waals surface area contributed by atoms with Gasteiger partial charge < -0.3 is 15.7 Å². The van der Waals surface area contributed by atoms with Crippen molar-refractivity contribution in [2.75, 3.05) is 5.32 Å². The van der Waals surface area contributed by atoms with Gasteiger partial charge in [0, 0.05) is 12.3 Å². The summed E-state index contributed by atoms with van der Waals surface area (Å²) >= 11 is 0. The Morgan fingerprint density at radius 1 is 0.929 bits per heavy atom. The molecule has 1 heterocycles. The van der Waals surface area contributed by atoms with Gasteiger partial charge in [-0.05, 0) is 48.4 Å². The van der Waals surface area contributed by atoms with E-state index in [1.54, 1.807) is 6.92 Å². The fourth-order valence-electron chi connectivity index (χ4n) is 3.26. The zero-order valence-electron chi connectivity index (χ0n) is 20.7. The second-order valence-electron chi connectivity index (χ2n) is 8.17. The number of benzene rings is 2. The van der Waals surface area contributed by atoms with E-state index in [2.05, 4.69) is 15.6 Å². The Hall–Kier alpha value is -4.90. The Kier molecular flexibility index (Phi) is 10.1. The molecule has 0 aliphatic carbocycles. The summed E-state index contributed by atoms with van der Waals surface area (Å²) in [6.07, 6.45) is -13.6. The lowest BCUT2D eigenvalue weighted by molar-refractivity contribution is -0.383. The quantitative estimate of drug-likeness (QED) is 0.163. The highest BCUT2D eigenvalue weighted by Crippen LogP contribution is 2.37. The van der Waals surface area contributed by atoms with Gasteiger partial charge in [-0.1, -0.05) is 18.2 Å². The first-order valence-corrected chi connectivity index (χ1v) is 11.0. The topological polar surface area (TPSA) is 134 Å². The third-order valence-corrected chi connectivity index (χ3v) is 5.10. The molecule has 3 N–H and O–H groups in total. The molecule has 42 heavy (non-hydrogen) atoms. The Bertz CT molecular complexity index is 1440. The highest BCUT2D eigenvalue weighted by molar-refractivity contribution is 5.92. The maximum absolute atomic E-state index is 13.6. The van der Waals surface area contributed by atoms with Crippen molar-refractivity contribution in [1.29, 1.82) is 0 Å². The number of halogens is 9. The van der Waals surface area contributed by atoms with Gasteiger partial charge in [-0.2, -0.15) is 39.5 Å². The average molecular weight is 612 g/mol. The number of anilines is 1. The van der Waals surface area contributed by atoms with Crippen molar-refractivity contribution in [1.82, 2.24) is 10.3 Å². The number of aliphatic carboxylic acids is 1. The Morgan fingerprint density at radius 3 is 1.98 bits per heavy atom. The number of aryl methyl sites for hydroxylation is 1. The number of carbonyl (C=O) groups excluding carboxylic acids is 1. The number of nitro groups is 1. The van der Waals surface area contributed by atoms with Gasteiger partial charge in [0.25, 0.3) is 5.69 Å². The predicted molar refractivity (Wildman–Crippen MR) is 126 cm³/mol. The van der Waals surface area contributed by atoms with E-state index in [4.69, 9.17) is 9.90 Å². The van der Waals surface area contributed by atoms with Crippen LogP contribution in [0.1, 0.15) is 34.0 Å². The molecule has 0 aliphatic heterocycles. The van der Waals surface area contributed by atoms with Crippen LogP contribution < -0.4 is 10.6 Å². The summed E-state index contributed by atoms with van der Waals surface area (Å²) in [7, 11) is 0. The summed E-state index contributed by atoms with van der Waals surface area (Å²) in [6.45, 7) is 1.60. The van der Waals surface area contributed by atoms with Crippen molar-refractivity contribution in [3.8, 4) is 0 Å². The van der Waals surface area contributed by atoms with Crippen molar-refractivity contribution in [3.05, 3.63) is 98.9 Å².